The Labute approximate surface area is 138 Å². The first-order chi connectivity index (χ1) is 11.3. The lowest BCUT2D eigenvalue weighted by Crippen LogP contribution is -2.39. The predicted octanol–water partition coefficient (Wildman–Crippen LogP) is 2.59. The molecule has 4 rings (SSSR count). The van der Waals surface area contributed by atoms with Crippen LogP contribution in [0.25, 0.3) is 10.2 Å². The van der Waals surface area contributed by atoms with Gasteiger partial charge in [-0.05, 0) is 36.4 Å². The molecule has 4 heterocycles. The number of nitrogens with zero attached hydrogens (tertiary/aromatic N) is 6. The molecule has 1 saturated heterocycles. The van der Waals surface area contributed by atoms with E-state index in [1.165, 1.54) is 12.8 Å². The summed E-state index contributed by atoms with van der Waals surface area (Å²) in [6, 6.07) is 6.45. The number of aromatic nitrogens is 4. The Kier molecular flexibility index (Phi) is 3.78. The van der Waals surface area contributed by atoms with E-state index in [1.54, 1.807) is 23.9 Å². The molecule has 0 spiro atoms. The molecule has 3 aromatic rings. The first-order valence-electron chi connectivity index (χ1n) is 7.76. The predicted molar refractivity (Wildman–Crippen MR) is 93.1 cm³/mol. The van der Waals surface area contributed by atoms with Crippen molar-refractivity contribution in [1.82, 2.24) is 20.2 Å². The van der Waals surface area contributed by atoms with Crippen LogP contribution in [0.4, 0.5) is 11.6 Å². The molecule has 23 heavy (non-hydrogen) atoms. The molecule has 1 fully saturated rings. The van der Waals surface area contributed by atoms with Crippen LogP contribution in [-0.4, -0.2) is 46.3 Å². The van der Waals surface area contributed by atoms with E-state index in [-0.39, 0.29) is 0 Å². The molecule has 0 radical (unpaired) electrons. The summed E-state index contributed by atoms with van der Waals surface area (Å²) in [7, 11) is 2.11. The Balaban J connectivity index is 1.56. The maximum Gasteiger partial charge on any atom is 0.151 e. The van der Waals surface area contributed by atoms with E-state index >= 15 is 0 Å². The van der Waals surface area contributed by atoms with Crippen LogP contribution in [0.3, 0.4) is 0 Å². The molecule has 3 aromatic heterocycles. The van der Waals surface area contributed by atoms with Gasteiger partial charge in [-0.1, -0.05) is 0 Å². The molecule has 0 amide bonds. The van der Waals surface area contributed by atoms with Crippen molar-refractivity contribution < 1.29 is 0 Å². The van der Waals surface area contributed by atoms with Crippen molar-refractivity contribution in [3.05, 3.63) is 36.1 Å². The Morgan fingerprint density at radius 2 is 2.30 bits per heavy atom. The van der Waals surface area contributed by atoms with Gasteiger partial charge in [-0.2, -0.15) is 5.10 Å². The fourth-order valence-corrected chi connectivity index (χ4v) is 4.11. The number of anilines is 2. The topological polar surface area (TPSA) is 58.0 Å². The average molecular weight is 326 g/mol. The van der Waals surface area contributed by atoms with Crippen molar-refractivity contribution in [2.75, 3.05) is 29.9 Å². The first-order valence-corrected chi connectivity index (χ1v) is 8.64. The number of rotatable bonds is 4. The minimum atomic E-state index is 0.432. The molecule has 7 heteroatoms. The molecule has 1 unspecified atom stereocenters. The second-order valence-corrected chi connectivity index (χ2v) is 6.70. The van der Waals surface area contributed by atoms with E-state index in [0.717, 1.165) is 34.9 Å². The average Bonchev–Trinajstić information content (AvgIpc) is 3.24. The zero-order valence-electron chi connectivity index (χ0n) is 13.0. The van der Waals surface area contributed by atoms with Crippen LogP contribution in [-0.2, 0) is 0 Å². The number of thiophene rings is 1. The van der Waals surface area contributed by atoms with E-state index < -0.39 is 0 Å². The van der Waals surface area contributed by atoms with Crippen molar-refractivity contribution in [2.45, 2.75) is 18.9 Å². The first kappa shape index (κ1) is 14.3. The van der Waals surface area contributed by atoms with E-state index in [0.29, 0.717) is 6.04 Å². The zero-order valence-corrected chi connectivity index (χ0v) is 13.8. The van der Waals surface area contributed by atoms with Crippen LogP contribution in [0.15, 0.2) is 36.1 Å². The summed E-state index contributed by atoms with van der Waals surface area (Å²) in [5, 5.41) is 10.3. The van der Waals surface area contributed by atoms with Gasteiger partial charge in [-0.15, -0.1) is 16.4 Å². The third-order valence-corrected chi connectivity index (χ3v) is 5.20. The van der Waals surface area contributed by atoms with E-state index in [4.69, 9.17) is 0 Å². The van der Waals surface area contributed by atoms with Gasteiger partial charge in [0.15, 0.2) is 5.82 Å². The van der Waals surface area contributed by atoms with Crippen LogP contribution >= 0.6 is 11.3 Å². The third kappa shape index (κ3) is 2.72. The van der Waals surface area contributed by atoms with Gasteiger partial charge in [0.1, 0.15) is 12.1 Å². The van der Waals surface area contributed by atoms with Crippen LogP contribution in [0.1, 0.15) is 12.8 Å². The van der Waals surface area contributed by atoms with Crippen molar-refractivity contribution in [1.29, 1.82) is 0 Å². The van der Waals surface area contributed by atoms with Crippen LogP contribution in [0.5, 0.6) is 0 Å². The highest BCUT2D eigenvalue weighted by molar-refractivity contribution is 7.17. The minimum Gasteiger partial charge on any atom is -0.356 e. The summed E-state index contributed by atoms with van der Waals surface area (Å²) < 4.78 is 1.15. The normalized spacial score (nSPS) is 17.8. The second-order valence-electron chi connectivity index (χ2n) is 5.78. The molecule has 0 aliphatic carbocycles. The number of hydrogen-bond donors (Lipinski definition) is 0. The summed E-state index contributed by atoms with van der Waals surface area (Å²) in [5.74, 6) is 1.98. The molecule has 1 aliphatic heterocycles. The van der Waals surface area contributed by atoms with Crippen molar-refractivity contribution in [3.63, 3.8) is 0 Å². The maximum atomic E-state index is 4.50. The lowest BCUT2D eigenvalue weighted by atomic mass is 10.2. The van der Waals surface area contributed by atoms with Crippen LogP contribution in [0, 0.1) is 0 Å². The molecule has 118 valence electrons. The Bertz CT molecular complexity index is 789. The summed E-state index contributed by atoms with van der Waals surface area (Å²) in [6.45, 7) is 1.95. The molecule has 0 saturated carbocycles. The Morgan fingerprint density at radius 3 is 3.17 bits per heavy atom. The van der Waals surface area contributed by atoms with E-state index in [1.807, 2.05) is 18.2 Å². The highest BCUT2D eigenvalue weighted by Crippen LogP contribution is 2.29. The van der Waals surface area contributed by atoms with Gasteiger partial charge < -0.3 is 9.80 Å². The van der Waals surface area contributed by atoms with Crippen molar-refractivity contribution in [3.8, 4) is 0 Å². The molecule has 6 nitrogen and oxygen atoms in total. The summed E-state index contributed by atoms with van der Waals surface area (Å²) in [4.78, 5) is 13.4. The summed E-state index contributed by atoms with van der Waals surface area (Å²) in [6.07, 6.45) is 5.72. The van der Waals surface area contributed by atoms with Crippen LogP contribution < -0.4 is 9.80 Å². The molecule has 1 atom stereocenters. The molecular formula is C16H18N6S. The van der Waals surface area contributed by atoms with Gasteiger partial charge in [0.05, 0.1) is 10.2 Å². The van der Waals surface area contributed by atoms with Gasteiger partial charge in [-0.3, -0.25) is 0 Å². The molecular weight excluding hydrogens is 308 g/mol. The SMILES string of the molecule is CN(CC1CCCN1c1cccnn1)c1ncnc2ccsc12. The van der Waals surface area contributed by atoms with Crippen molar-refractivity contribution in [2.24, 2.45) is 0 Å². The lowest BCUT2D eigenvalue weighted by Gasteiger charge is -2.29. The minimum absolute atomic E-state index is 0.432. The number of likely N-dealkylation sites (N-methyl/N-ethyl adjacent to an activating group) is 1. The zero-order chi connectivity index (χ0) is 15.6. The van der Waals surface area contributed by atoms with E-state index in [9.17, 15) is 0 Å². The highest BCUT2D eigenvalue weighted by atomic mass is 32.1. The second kappa shape index (κ2) is 6.08. The molecule has 0 bridgehead atoms. The highest BCUT2D eigenvalue weighted by Gasteiger charge is 2.27. The number of hydrogen-bond acceptors (Lipinski definition) is 7. The molecule has 0 aromatic carbocycles. The van der Waals surface area contributed by atoms with E-state index in [2.05, 4.69) is 42.4 Å². The quantitative estimate of drug-likeness (QED) is 0.734. The fourth-order valence-electron chi connectivity index (χ4n) is 3.22. The third-order valence-electron chi connectivity index (χ3n) is 4.30. The lowest BCUT2D eigenvalue weighted by molar-refractivity contribution is 0.644. The maximum absolute atomic E-state index is 4.50. The Hall–Kier alpha value is -2.28. The standard InChI is InChI=1S/C16H18N6S/c1-21(16-15-13(6-9-23-15)17-11-18-16)10-12-4-3-8-22(12)14-5-2-7-19-20-14/h2,5-7,9,11-12H,3-4,8,10H2,1H3. The fraction of sp³-hybridized carbons (Fsp3) is 0.375. The van der Waals surface area contributed by atoms with Gasteiger partial charge in [-0.25, -0.2) is 9.97 Å². The van der Waals surface area contributed by atoms with Crippen LogP contribution in [0.2, 0.25) is 0 Å². The van der Waals surface area contributed by atoms with Gasteiger partial charge in [0.2, 0.25) is 0 Å². The summed E-state index contributed by atoms with van der Waals surface area (Å²) in [5.41, 5.74) is 1.02. The Morgan fingerprint density at radius 1 is 1.35 bits per heavy atom. The summed E-state index contributed by atoms with van der Waals surface area (Å²) >= 11 is 1.69. The largest absolute Gasteiger partial charge is 0.356 e. The molecule has 1 aliphatic rings. The van der Waals surface area contributed by atoms with Gasteiger partial charge in [0, 0.05) is 32.4 Å². The van der Waals surface area contributed by atoms with Crippen molar-refractivity contribution >= 4 is 33.2 Å². The smallest absolute Gasteiger partial charge is 0.151 e. The monoisotopic (exact) mass is 326 g/mol. The number of fused-ring (bicyclic) bond motifs is 1. The molecule has 0 N–H and O–H groups in total. The van der Waals surface area contributed by atoms with Gasteiger partial charge in [0.25, 0.3) is 0 Å². The van der Waals surface area contributed by atoms with Gasteiger partial charge >= 0.3 is 0 Å².